The lowest BCUT2D eigenvalue weighted by Gasteiger charge is -2.10. The van der Waals surface area contributed by atoms with Crippen molar-refractivity contribution >= 4 is 0 Å². The number of hydrogen-bond donors (Lipinski definition) is 1. The number of nitrogens with zero attached hydrogens (tertiary/aromatic N) is 2. The normalized spacial score (nSPS) is 10.1. The summed E-state index contributed by atoms with van der Waals surface area (Å²) in [5, 5.41) is 8.68. The molecule has 108 valence electrons. The van der Waals surface area contributed by atoms with Gasteiger partial charge in [0.15, 0.2) is 0 Å². The third-order valence-corrected chi connectivity index (χ3v) is 2.94. The maximum Gasteiger partial charge on any atom is 0.254 e. The summed E-state index contributed by atoms with van der Waals surface area (Å²) in [7, 11) is 0. The van der Waals surface area contributed by atoms with Crippen LogP contribution in [0.25, 0.3) is 0 Å². The van der Waals surface area contributed by atoms with Crippen molar-refractivity contribution in [1.29, 1.82) is 0 Å². The number of rotatable bonds is 2. The zero-order valence-corrected chi connectivity index (χ0v) is 11.9. The highest BCUT2D eigenvalue weighted by Gasteiger charge is 2.06. The second-order valence-corrected chi connectivity index (χ2v) is 4.68. The summed E-state index contributed by atoms with van der Waals surface area (Å²) in [5.41, 5.74) is 1.56. The molecule has 1 aromatic heterocycles. The maximum absolute atomic E-state index is 13.6. The molecule has 0 spiro atoms. The fourth-order valence-electron chi connectivity index (χ4n) is 2.09. The molecule has 0 aliphatic carbocycles. The Labute approximate surface area is 121 Å². The van der Waals surface area contributed by atoms with Gasteiger partial charge in [-0.05, 0) is 37.6 Å². The number of aliphatic hydroxyl groups excluding tert-OH is 1. The molecular formula is C16H15FN2O2. The third kappa shape index (κ3) is 3.77. The molecule has 0 fully saturated rings. The monoisotopic (exact) mass is 286 g/mol. The summed E-state index contributed by atoms with van der Waals surface area (Å²) < 4.78 is 15.1. The van der Waals surface area contributed by atoms with Crippen molar-refractivity contribution < 1.29 is 9.50 Å². The molecule has 0 aliphatic rings. The molecule has 0 radical (unpaired) electrons. The molecule has 1 N–H and O–H groups in total. The van der Waals surface area contributed by atoms with Crippen LogP contribution in [0, 0.1) is 31.5 Å². The van der Waals surface area contributed by atoms with Gasteiger partial charge in [-0.1, -0.05) is 11.8 Å². The number of benzene rings is 1. The predicted molar refractivity (Wildman–Crippen MR) is 77.4 cm³/mol. The number of aryl methyl sites for hydroxylation is 2. The quantitative estimate of drug-likeness (QED) is 0.849. The summed E-state index contributed by atoms with van der Waals surface area (Å²) in [5.74, 6) is 5.27. The summed E-state index contributed by atoms with van der Waals surface area (Å²) in [4.78, 5) is 16.2. The van der Waals surface area contributed by atoms with Crippen LogP contribution in [0.2, 0.25) is 0 Å². The Bertz CT molecular complexity index is 785. The Morgan fingerprint density at radius 1 is 1.29 bits per heavy atom. The van der Waals surface area contributed by atoms with Gasteiger partial charge in [0.2, 0.25) is 0 Å². The molecule has 0 amide bonds. The molecule has 0 aliphatic heterocycles. The largest absolute Gasteiger partial charge is 0.384 e. The lowest BCUT2D eigenvalue weighted by Crippen LogP contribution is -2.24. The SMILES string of the molecule is Cc1cc(=O)n(Cc2cc(F)cc(C#CCO)c2)c(C)n1. The Balaban J connectivity index is 2.40. The van der Waals surface area contributed by atoms with E-state index in [1.807, 2.05) is 0 Å². The van der Waals surface area contributed by atoms with Crippen LogP contribution in [0.5, 0.6) is 0 Å². The molecule has 0 bridgehead atoms. The molecule has 0 unspecified atom stereocenters. The van der Waals surface area contributed by atoms with Crippen LogP contribution < -0.4 is 5.56 Å². The molecule has 1 aromatic carbocycles. The van der Waals surface area contributed by atoms with E-state index >= 15 is 0 Å². The van der Waals surface area contributed by atoms with E-state index in [0.717, 1.165) is 0 Å². The number of aliphatic hydroxyl groups is 1. The van der Waals surface area contributed by atoms with Gasteiger partial charge in [0.25, 0.3) is 5.56 Å². The molecule has 4 nitrogen and oxygen atoms in total. The minimum atomic E-state index is -0.430. The average Bonchev–Trinajstić information content (AvgIpc) is 2.40. The summed E-state index contributed by atoms with van der Waals surface area (Å²) in [6, 6.07) is 5.78. The van der Waals surface area contributed by atoms with E-state index in [0.29, 0.717) is 22.6 Å². The van der Waals surface area contributed by atoms with Gasteiger partial charge < -0.3 is 5.11 Å². The molecule has 0 saturated heterocycles. The fourth-order valence-corrected chi connectivity index (χ4v) is 2.09. The van der Waals surface area contributed by atoms with Crippen LogP contribution in [-0.4, -0.2) is 21.3 Å². The molecule has 1 heterocycles. The molecule has 2 aromatic rings. The van der Waals surface area contributed by atoms with Crippen LogP contribution in [0.3, 0.4) is 0 Å². The first-order valence-corrected chi connectivity index (χ1v) is 6.44. The Hall–Kier alpha value is -2.45. The lowest BCUT2D eigenvalue weighted by atomic mass is 10.1. The van der Waals surface area contributed by atoms with Crippen molar-refractivity contribution in [3.8, 4) is 11.8 Å². The van der Waals surface area contributed by atoms with Gasteiger partial charge in [-0.15, -0.1) is 0 Å². The predicted octanol–water partition coefficient (Wildman–Crippen LogP) is 1.39. The van der Waals surface area contributed by atoms with E-state index in [-0.39, 0.29) is 18.7 Å². The van der Waals surface area contributed by atoms with Crippen molar-refractivity contribution in [2.24, 2.45) is 0 Å². The minimum absolute atomic E-state index is 0.174. The molecule has 5 heteroatoms. The second kappa shape index (κ2) is 6.33. The number of hydrogen-bond acceptors (Lipinski definition) is 3. The lowest BCUT2D eigenvalue weighted by molar-refractivity contribution is 0.350. The van der Waals surface area contributed by atoms with Gasteiger partial charge in [-0.2, -0.15) is 0 Å². The Morgan fingerprint density at radius 3 is 2.71 bits per heavy atom. The van der Waals surface area contributed by atoms with Crippen molar-refractivity contribution in [3.63, 3.8) is 0 Å². The second-order valence-electron chi connectivity index (χ2n) is 4.68. The van der Waals surface area contributed by atoms with Crippen LogP contribution >= 0.6 is 0 Å². The molecule has 21 heavy (non-hydrogen) atoms. The van der Waals surface area contributed by atoms with Crippen LogP contribution in [0.4, 0.5) is 4.39 Å². The summed E-state index contributed by atoms with van der Waals surface area (Å²) in [6.07, 6.45) is 0. The van der Waals surface area contributed by atoms with E-state index < -0.39 is 5.82 Å². The first kappa shape index (κ1) is 14.9. The van der Waals surface area contributed by atoms with Crippen molar-refractivity contribution in [2.75, 3.05) is 6.61 Å². The zero-order chi connectivity index (χ0) is 15.4. The Morgan fingerprint density at radius 2 is 2.05 bits per heavy atom. The minimum Gasteiger partial charge on any atom is -0.384 e. The fraction of sp³-hybridized carbons (Fsp3) is 0.250. The van der Waals surface area contributed by atoms with Crippen LogP contribution in [0.15, 0.2) is 29.1 Å². The van der Waals surface area contributed by atoms with Gasteiger partial charge in [0, 0.05) is 17.3 Å². The smallest absolute Gasteiger partial charge is 0.254 e. The van der Waals surface area contributed by atoms with Gasteiger partial charge in [0.1, 0.15) is 18.2 Å². The van der Waals surface area contributed by atoms with Crippen LogP contribution in [-0.2, 0) is 6.54 Å². The first-order chi connectivity index (χ1) is 9.99. The highest BCUT2D eigenvalue weighted by Crippen LogP contribution is 2.10. The van der Waals surface area contributed by atoms with Gasteiger partial charge in [-0.3, -0.25) is 9.36 Å². The molecule has 0 saturated carbocycles. The average molecular weight is 286 g/mol. The Kier molecular flexibility index (Phi) is 4.51. The van der Waals surface area contributed by atoms with Gasteiger partial charge in [-0.25, -0.2) is 9.37 Å². The topological polar surface area (TPSA) is 55.1 Å². The summed E-state index contributed by atoms with van der Waals surface area (Å²) >= 11 is 0. The highest BCUT2D eigenvalue weighted by atomic mass is 19.1. The standard InChI is InChI=1S/C16H15FN2O2/c1-11-6-16(21)19(12(2)18-11)10-14-7-13(4-3-5-20)8-15(17)9-14/h6-9,20H,5,10H2,1-2H3. The third-order valence-electron chi connectivity index (χ3n) is 2.94. The van der Waals surface area contributed by atoms with E-state index in [4.69, 9.17) is 5.11 Å². The first-order valence-electron chi connectivity index (χ1n) is 6.44. The van der Waals surface area contributed by atoms with E-state index in [9.17, 15) is 9.18 Å². The van der Waals surface area contributed by atoms with Gasteiger partial charge >= 0.3 is 0 Å². The van der Waals surface area contributed by atoms with Crippen molar-refractivity contribution in [1.82, 2.24) is 9.55 Å². The zero-order valence-electron chi connectivity index (χ0n) is 11.9. The molecular weight excluding hydrogens is 271 g/mol. The van der Waals surface area contributed by atoms with Crippen molar-refractivity contribution in [2.45, 2.75) is 20.4 Å². The maximum atomic E-state index is 13.6. The van der Waals surface area contributed by atoms with Gasteiger partial charge in [0.05, 0.1) is 6.54 Å². The highest BCUT2D eigenvalue weighted by molar-refractivity contribution is 5.38. The molecule has 0 atom stereocenters. The molecule has 2 rings (SSSR count). The number of halogens is 1. The van der Waals surface area contributed by atoms with Crippen LogP contribution in [0.1, 0.15) is 22.6 Å². The summed E-state index contributed by atoms with van der Waals surface area (Å²) in [6.45, 7) is 3.43. The van der Waals surface area contributed by atoms with E-state index in [2.05, 4.69) is 16.8 Å². The van der Waals surface area contributed by atoms with E-state index in [1.54, 1.807) is 19.9 Å². The number of aromatic nitrogens is 2. The van der Waals surface area contributed by atoms with E-state index in [1.165, 1.54) is 22.8 Å². The van der Waals surface area contributed by atoms with Crippen molar-refractivity contribution in [3.05, 3.63) is 63.1 Å².